The van der Waals surface area contributed by atoms with Gasteiger partial charge in [0.1, 0.15) is 0 Å². The van der Waals surface area contributed by atoms with Gasteiger partial charge in [-0.05, 0) is 35.4 Å². The molecular weight excluding hydrogens is 381 g/mol. The SMILES string of the molecule is CCC(C)C.CCC(C)C.OP(O)(O)=S.OP(O)(O)=S.[H-].[K+]. The number of rotatable bonds is 2. The smallest absolute Gasteiger partial charge is 1.00 e. The summed E-state index contributed by atoms with van der Waals surface area (Å²) in [6, 6.07) is 0. The maximum atomic E-state index is 7.56. The first kappa shape index (κ1) is 34.9. The van der Waals surface area contributed by atoms with Crippen molar-refractivity contribution in [3.05, 3.63) is 0 Å². The first-order valence-corrected chi connectivity index (χ1v) is 11.4. The van der Waals surface area contributed by atoms with Gasteiger partial charge in [0.05, 0.1) is 0 Å². The van der Waals surface area contributed by atoms with Gasteiger partial charge in [-0.2, -0.15) is 0 Å². The van der Waals surface area contributed by atoms with E-state index in [2.05, 4.69) is 65.2 Å². The van der Waals surface area contributed by atoms with Crippen LogP contribution >= 0.6 is 13.4 Å². The Labute approximate surface area is 183 Å². The predicted molar refractivity (Wildman–Crippen MR) is 93.3 cm³/mol. The minimum absolute atomic E-state index is 0. The molecule has 0 unspecified atom stereocenters. The fraction of sp³-hybridized carbons (Fsp3) is 1.00. The third kappa shape index (κ3) is 217. The molecule has 0 rings (SSSR count). The molecule has 0 aliphatic carbocycles. The van der Waals surface area contributed by atoms with E-state index in [0.29, 0.717) is 0 Å². The van der Waals surface area contributed by atoms with E-state index in [1.54, 1.807) is 0 Å². The van der Waals surface area contributed by atoms with E-state index in [-0.39, 0.29) is 52.8 Å². The maximum absolute atomic E-state index is 7.56. The van der Waals surface area contributed by atoms with Crippen LogP contribution in [0.3, 0.4) is 0 Å². The largest absolute Gasteiger partial charge is 1.00 e. The molecule has 0 spiro atoms. The van der Waals surface area contributed by atoms with Crippen LogP contribution in [-0.2, 0) is 23.6 Å². The average Bonchev–Trinajstić information content (AvgIpc) is 2.13. The van der Waals surface area contributed by atoms with Crippen molar-refractivity contribution in [1.29, 1.82) is 0 Å². The Hall–Kier alpha value is 2.70. The van der Waals surface area contributed by atoms with E-state index >= 15 is 0 Å². The number of hydrogen-bond donors (Lipinski definition) is 6. The Morgan fingerprint density at radius 2 is 0.762 bits per heavy atom. The molecule has 0 saturated heterocycles. The second-order valence-corrected chi connectivity index (χ2v) is 9.62. The van der Waals surface area contributed by atoms with Gasteiger partial charge in [-0.3, -0.25) is 0 Å². The monoisotopic (exact) mass is 412 g/mol. The van der Waals surface area contributed by atoms with Gasteiger partial charge in [0, 0.05) is 0 Å². The third-order valence-electron chi connectivity index (χ3n) is 1.63. The zero-order chi connectivity index (χ0) is 17.6. The van der Waals surface area contributed by atoms with Gasteiger partial charge in [-0.15, -0.1) is 0 Å². The van der Waals surface area contributed by atoms with Crippen molar-refractivity contribution >= 4 is 37.1 Å². The van der Waals surface area contributed by atoms with Crippen molar-refractivity contribution in [3.8, 4) is 0 Å². The summed E-state index contributed by atoms with van der Waals surface area (Å²) >= 11 is 7.21. The Morgan fingerprint density at radius 1 is 0.714 bits per heavy atom. The van der Waals surface area contributed by atoms with Crippen LogP contribution < -0.4 is 51.4 Å². The predicted octanol–water partition coefficient (Wildman–Crippen LogP) is -0.403. The molecule has 0 fully saturated rings. The Kier molecular flexibility index (Phi) is 34.5. The van der Waals surface area contributed by atoms with Gasteiger partial charge in [-0.25, -0.2) is 0 Å². The molecule has 0 aromatic rings. The fourth-order valence-electron chi connectivity index (χ4n) is 0. The van der Waals surface area contributed by atoms with Gasteiger partial charge < -0.3 is 30.8 Å². The van der Waals surface area contributed by atoms with Gasteiger partial charge in [0.25, 0.3) is 0 Å². The van der Waals surface area contributed by atoms with E-state index in [4.69, 9.17) is 29.4 Å². The number of hydrogen-bond acceptors (Lipinski definition) is 2. The second-order valence-electron chi connectivity index (χ2n) is 4.63. The van der Waals surface area contributed by atoms with E-state index < -0.39 is 13.4 Å². The van der Waals surface area contributed by atoms with E-state index in [9.17, 15) is 0 Å². The van der Waals surface area contributed by atoms with Gasteiger partial charge >= 0.3 is 64.8 Å². The van der Waals surface area contributed by atoms with Crippen molar-refractivity contribution in [2.24, 2.45) is 11.8 Å². The van der Waals surface area contributed by atoms with Crippen LogP contribution in [0, 0.1) is 11.8 Å². The van der Waals surface area contributed by atoms with Crippen LogP contribution in [0.25, 0.3) is 0 Å². The van der Waals surface area contributed by atoms with Crippen molar-refractivity contribution in [2.45, 2.75) is 54.4 Å². The molecule has 6 nitrogen and oxygen atoms in total. The molecule has 0 atom stereocenters. The summed E-state index contributed by atoms with van der Waals surface area (Å²) in [6.45, 7) is 5.68. The topological polar surface area (TPSA) is 121 Å². The van der Waals surface area contributed by atoms with Crippen LogP contribution in [0.5, 0.6) is 0 Å². The molecule has 0 aliphatic heterocycles. The average molecular weight is 413 g/mol. The van der Waals surface area contributed by atoms with Crippen molar-refractivity contribution in [3.63, 3.8) is 0 Å². The van der Waals surface area contributed by atoms with Crippen LogP contribution in [0.1, 0.15) is 55.8 Å². The van der Waals surface area contributed by atoms with Crippen molar-refractivity contribution < 1.29 is 82.2 Å². The summed E-state index contributed by atoms with van der Waals surface area (Å²) in [4.78, 5) is 45.3. The molecule has 0 saturated carbocycles. The summed E-state index contributed by atoms with van der Waals surface area (Å²) in [7, 11) is 0. The maximum Gasteiger partial charge on any atom is 1.00 e. The quantitative estimate of drug-likeness (QED) is 0.268. The summed E-state index contributed by atoms with van der Waals surface area (Å²) < 4.78 is 0. The Morgan fingerprint density at radius 3 is 0.762 bits per heavy atom. The van der Waals surface area contributed by atoms with Crippen LogP contribution in [0.15, 0.2) is 0 Å². The molecule has 0 amide bonds. The van der Waals surface area contributed by atoms with Crippen LogP contribution in [0.2, 0.25) is 0 Å². The molecule has 0 aromatic heterocycles. The Bertz CT molecular complexity index is 242. The van der Waals surface area contributed by atoms with E-state index in [1.165, 1.54) is 12.8 Å². The van der Waals surface area contributed by atoms with E-state index in [1.807, 2.05) is 0 Å². The van der Waals surface area contributed by atoms with Crippen molar-refractivity contribution in [1.82, 2.24) is 0 Å². The zero-order valence-electron chi connectivity index (χ0n) is 15.0. The normalized spacial score (nSPS) is 10.2. The van der Waals surface area contributed by atoms with E-state index in [0.717, 1.165) is 11.8 Å². The fourth-order valence-corrected chi connectivity index (χ4v) is 0. The van der Waals surface area contributed by atoms with Gasteiger partial charge in [0.15, 0.2) is 0 Å². The molecule has 21 heavy (non-hydrogen) atoms. The first-order chi connectivity index (χ1) is 8.54. The summed E-state index contributed by atoms with van der Waals surface area (Å²) in [5, 5.41) is 0. The molecule has 130 valence electrons. The third-order valence-corrected chi connectivity index (χ3v) is 1.63. The van der Waals surface area contributed by atoms with Crippen LogP contribution in [0.4, 0.5) is 0 Å². The minimum atomic E-state index is -3.81. The van der Waals surface area contributed by atoms with Gasteiger partial charge in [0.2, 0.25) is 0 Å². The molecule has 11 heteroatoms. The first-order valence-electron chi connectivity index (χ1n) is 6.11. The molecule has 0 aromatic carbocycles. The van der Waals surface area contributed by atoms with Crippen LogP contribution in [-0.4, -0.2) is 29.4 Å². The van der Waals surface area contributed by atoms with Gasteiger partial charge in [-0.1, -0.05) is 54.4 Å². The molecule has 6 N–H and O–H groups in total. The van der Waals surface area contributed by atoms with Crippen molar-refractivity contribution in [2.75, 3.05) is 0 Å². The molecular formula is C10H31KO6P2S2. The second kappa shape index (κ2) is 20.7. The minimum Gasteiger partial charge on any atom is -1.00 e. The summed E-state index contributed by atoms with van der Waals surface area (Å²) in [5.74, 6) is 1.77. The zero-order valence-corrected chi connectivity index (χ0v) is 20.5. The molecule has 0 radical (unpaired) electrons. The molecule has 0 bridgehead atoms. The summed E-state index contributed by atoms with van der Waals surface area (Å²) in [6.07, 6.45) is 2.61. The Balaban J connectivity index is -0.0000000376. The standard InChI is InChI=1S/2C5H12.K.2H3O3PS.H/c2*1-4-5(2)3;;2*1-4(2,3)5;/h2*5H,4H2,1-3H3;;2*(H3,1,2,3,5);/q;;+1;;;-1. The molecule has 0 heterocycles. The molecule has 0 aliphatic rings. The summed E-state index contributed by atoms with van der Waals surface area (Å²) in [5.41, 5.74) is 0.